The van der Waals surface area contributed by atoms with Crippen LogP contribution < -0.4 is 9.80 Å². The smallest absolute Gasteiger partial charge is 0.241 e. The predicted molar refractivity (Wildman–Crippen MR) is 100 cm³/mol. The summed E-state index contributed by atoms with van der Waals surface area (Å²) in [5.41, 5.74) is 1.93. The molecule has 2 saturated heterocycles. The van der Waals surface area contributed by atoms with Gasteiger partial charge in [-0.25, -0.2) is 9.97 Å². The Morgan fingerprint density at radius 3 is 2.69 bits per heavy atom. The molecule has 0 radical (unpaired) electrons. The first-order valence-corrected chi connectivity index (χ1v) is 9.09. The zero-order valence-electron chi connectivity index (χ0n) is 15.3. The summed E-state index contributed by atoms with van der Waals surface area (Å²) in [7, 11) is 2.04. The van der Waals surface area contributed by atoms with Crippen molar-refractivity contribution in [1.29, 1.82) is 0 Å². The molecule has 0 bridgehead atoms. The Balaban J connectivity index is 1.56. The molecule has 4 heterocycles. The molecule has 2 aliphatic rings. The monoisotopic (exact) mass is 352 g/mol. The van der Waals surface area contributed by atoms with Crippen LogP contribution in [0, 0.1) is 0 Å². The van der Waals surface area contributed by atoms with Gasteiger partial charge in [0.05, 0.1) is 24.0 Å². The largest absolute Gasteiger partial charge is 0.339 e. The van der Waals surface area contributed by atoms with Gasteiger partial charge in [0.1, 0.15) is 0 Å². The Morgan fingerprint density at radius 1 is 1.19 bits per heavy atom. The average Bonchev–Trinajstić information content (AvgIpc) is 3.11. The van der Waals surface area contributed by atoms with Crippen LogP contribution in [0.25, 0.3) is 0 Å². The van der Waals surface area contributed by atoms with Gasteiger partial charge in [0.2, 0.25) is 11.9 Å². The predicted octanol–water partition coefficient (Wildman–Crippen LogP) is 1.36. The number of amides is 1. The molecule has 0 saturated carbocycles. The minimum absolute atomic E-state index is 0.0868. The second-order valence-corrected chi connectivity index (χ2v) is 7.19. The molecule has 2 aromatic heterocycles. The molecule has 1 atom stereocenters. The van der Waals surface area contributed by atoms with Crippen LogP contribution in [0.1, 0.15) is 18.9 Å². The van der Waals surface area contributed by atoms with Crippen LogP contribution in [0.15, 0.2) is 36.9 Å². The molecule has 7 heteroatoms. The fourth-order valence-corrected chi connectivity index (χ4v) is 3.87. The van der Waals surface area contributed by atoms with Crippen molar-refractivity contribution in [3.63, 3.8) is 0 Å². The first kappa shape index (κ1) is 16.9. The molecule has 2 aromatic rings. The summed E-state index contributed by atoms with van der Waals surface area (Å²) in [5, 5.41) is 0. The fourth-order valence-electron chi connectivity index (χ4n) is 3.87. The van der Waals surface area contributed by atoms with Crippen LogP contribution in [-0.4, -0.2) is 64.5 Å². The number of hydrogen-bond donors (Lipinski definition) is 0. The zero-order valence-corrected chi connectivity index (χ0v) is 15.3. The van der Waals surface area contributed by atoms with Gasteiger partial charge in [-0.1, -0.05) is 6.92 Å². The minimum Gasteiger partial charge on any atom is -0.339 e. The zero-order chi connectivity index (χ0) is 18.1. The number of carbonyl (C=O) groups excluding carboxylic acids is 1. The normalized spacial score (nSPS) is 23.8. The third-order valence-electron chi connectivity index (χ3n) is 5.61. The summed E-state index contributed by atoms with van der Waals surface area (Å²) in [5.74, 6) is 0.894. The number of carbonyl (C=O) groups is 1. The molecule has 26 heavy (non-hydrogen) atoms. The Morgan fingerprint density at radius 2 is 2.00 bits per heavy atom. The van der Waals surface area contributed by atoms with Crippen LogP contribution in [0.2, 0.25) is 0 Å². The van der Waals surface area contributed by atoms with Gasteiger partial charge >= 0.3 is 0 Å². The van der Waals surface area contributed by atoms with Gasteiger partial charge in [0.15, 0.2) is 0 Å². The molecule has 2 aliphatic heterocycles. The van der Waals surface area contributed by atoms with Crippen molar-refractivity contribution in [3.8, 4) is 0 Å². The number of aromatic nitrogens is 3. The highest BCUT2D eigenvalue weighted by atomic mass is 16.2. The summed E-state index contributed by atoms with van der Waals surface area (Å²) in [6, 6.07) is 3.82. The van der Waals surface area contributed by atoms with Crippen molar-refractivity contribution >= 4 is 17.5 Å². The second-order valence-electron chi connectivity index (χ2n) is 7.19. The molecule has 136 valence electrons. The van der Waals surface area contributed by atoms with Crippen LogP contribution in [0.4, 0.5) is 11.6 Å². The number of hydrogen-bond acceptors (Lipinski definition) is 6. The molecule has 1 unspecified atom stereocenters. The highest BCUT2D eigenvalue weighted by molar-refractivity contribution is 5.95. The van der Waals surface area contributed by atoms with Gasteiger partial charge in [-0.15, -0.1) is 0 Å². The third-order valence-corrected chi connectivity index (χ3v) is 5.61. The lowest BCUT2D eigenvalue weighted by molar-refractivity contribution is -0.123. The average molecular weight is 352 g/mol. The summed E-state index contributed by atoms with van der Waals surface area (Å²) in [6.45, 7) is 4.89. The van der Waals surface area contributed by atoms with E-state index in [0.29, 0.717) is 13.1 Å². The van der Waals surface area contributed by atoms with E-state index in [4.69, 9.17) is 0 Å². The highest BCUT2D eigenvalue weighted by Gasteiger charge is 2.48. The SMILES string of the molecule is CCc1cnc(N2CCC3(C2)CN(c2cccnc2)C(=O)CN3C)nc1. The Hall–Kier alpha value is -2.54. The summed E-state index contributed by atoms with van der Waals surface area (Å²) in [6.07, 6.45) is 9.22. The Bertz CT molecular complexity index is 780. The van der Waals surface area contributed by atoms with E-state index in [0.717, 1.165) is 43.1 Å². The number of anilines is 2. The number of likely N-dealkylation sites (N-methyl/N-ethyl adjacent to an activating group) is 1. The third kappa shape index (κ3) is 2.92. The van der Waals surface area contributed by atoms with Crippen LogP contribution in [-0.2, 0) is 11.2 Å². The second kappa shape index (κ2) is 6.64. The number of pyridine rings is 1. The van der Waals surface area contributed by atoms with Gasteiger partial charge in [0.25, 0.3) is 0 Å². The first-order valence-electron chi connectivity index (χ1n) is 9.09. The molecule has 2 fully saturated rings. The van der Waals surface area contributed by atoms with E-state index in [1.54, 1.807) is 12.4 Å². The molecule has 0 aliphatic carbocycles. The van der Waals surface area contributed by atoms with E-state index in [1.165, 1.54) is 0 Å². The van der Waals surface area contributed by atoms with Crippen molar-refractivity contribution in [2.45, 2.75) is 25.3 Å². The maximum absolute atomic E-state index is 12.6. The van der Waals surface area contributed by atoms with E-state index in [1.807, 2.05) is 36.5 Å². The fraction of sp³-hybridized carbons (Fsp3) is 0.474. The number of nitrogens with zero attached hydrogens (tertiary/aromatic N) is 6. The van der Waals surface area contributed by atoms with Crippen LogP contribution in [0.5, 0.6) is 0 Å². The summed E-state index contributed by atoms with van der Waals surface area (Å²) < 4.78 is 0. The quantitative estimate of drug-likeness (QED) is 0.831. The van der Waals surface area contributed by atoms with Crippen molar-refractivity contribution in [1.82, 2.24) is 19.9 Å². The lowest BCUT2D eigenvalue weighted by Crippen LogP contribution is -2.64. The maximum atomic E-state index is 12.6. The molecular weight excluding hydrogens is 328 g/mol. The number of rotatable bonds is 3. The lowest BCUT2D eigenvalue weighted by Gasteiger charge is -2.46. The number of piperazine rings is 1. The van der Waals surface area contributed by atoms with Gasteiger partial charge in [0, 0.05) is 38.2 Å². The van der Waals surface area contributed by atoms with E-state index in [-0.39, 0.29) is 11.4 Å². The highest BCUT2D eigenvalue weighted by Crippen LogP contribution is 2.34. The standard InChI is InChI=1S/C19H24N6O/c1-3-15-9-21-18(22-10-15)24-8-6-19(13-24)14-25(17(26)12-23(19)2)16-5-4-7-20-11-16/h4-5,7,9-11H,3,6,8,12-14H2,1-2H3. The van der Waals surface area contributed by atoms with Gasteiger partial charge in [-0.3, -0.25) is 14.7 Å². The van der Waals surface area contributed by atoms with Crippen molar-refractivity contribution in [2.24, 2.45) is 0 Å². The maximum Gasteiger partial charge on any atom is 0.241 e. The molecule has 7 nitrogen and oxygen atoms in total. The van der Waals surface area contributed by atoms with Crippen molar-refractivity contribution < 1.29 is 4.79 Å². The van der Waals surface area contributed by atoms with E-state index in [9.17, 15) is 4.79 Å². The molecule has 0 N–H and O–H groups in total. The first-order chi connectivity index (χ1) is 12.6. The Labute approximate surface area is 153 Å². The van der Waals surface area contributed by atoms with Crippen LogP contribution in [0.3, 0.4) is 0 Å². The lowest BCUT2D eigenvalue weighted by atomic mass is 9.92. The summed E-state index contributed by atoms with van der Waals surface area (Å²) in [4.78, 5) is 32.1. The van der Waals surface area contributed by atoms with E-state index < -0.39 is 0 Å². The van der Waals surface area contributed by atoms with Gasteiger partial charge in [-0.05, 0) is 37.6 Å². The molecule has 1 amide bonds. The van der Waals surface area contributed by atoms with E-state index >= 15 is 0 Å². The molecule has 4 rings (SSSR count). The topological polar surface area (TPSA) is 65.5 Å². The molecule has 1 spiro atoms. The van der Waals surface area contributed by atoms with Crippen LogP contribution >= 0.6 is 0 Å². The van der Waals surface area contributed by atoms with Crippen molar-refractivity contribution in [3.05, 3.63) is 42.5 Å². The van der Waals surface area contributed by atoms with E-state index in [2.05, 4.69) is 31.7 Å². The van der Waals surface area contributed by atoms with Gasteiger partial charge < -0.3 is 9.80 Å². The molecular formula is C19H24N6O. The molecule has 0 aromatic carbocycles. The summed E-state index contributed by atoms with van der Waals surface area (Å²) >= 11 is 0. The van der Waals surface area contributed by atoms with Gasteiger partial charge in [-0.2, -0.15) is 0 Å². The Kier molecular flexibility index (Phi) is 4.32. The number of aryl methyl sites for hydroxylation is 1. The minimum atomic E-state index is -0.0868. The van der Waals surface area contributed by atoms with Crippen molar-refractivity contribution in [2.75, 3.05) is 43.0 Å².